The van der Waals surface area contributed by atoms with Gasteiger partial charge in [0.05, 0.1) is 4.92 Å². The van der Waals surface area contributed by atoms with E-state index in [2.05, 4.69) is 12.2 Å². The van der Waals surface area contributed by atoms with Gasteiger partial charge in [-0.25, -0.2) is 0 Å². The number of nitrogens with zero attached hydrogens (tertiary/aromatic N) is 1. The zero-order chi connectivity index (χ0) is 13.4. The second-order valence-corrected chi connectivity index (χ2v) is 4.61. The van der Waals surface area contributed by atoms with Gasteiger partial charge in [0, 0.05) is 18.2 Å². The fourth-order valence-electron chi connectivity index (χ4n) is 2.03. The highest BCUT2D eigenvalue weighted by atomic mass is 16.6. The monoisotopic (exact) mass is 250 g/mol. The summed E-state index contributed by atoms with van der Waals surface area (Å²) in [4.78, 5) is 10.2. The first-order valence-electron chi connectivity index (χ1n) is 6.58. The van der Waals surface area contributed by atoms with Crippen LogP contribution in [0, 0.1) is 10.1 Å². The molecule has 100 valence electrons. The van der Waals surface area contributed by atoms with Gasteiger partial charge in [0.15, 0.2) is 0 Å². The van der Waals surface area contributed by atoms with Crippen LogP contribution in [0.5, 0.6) is 0 Å². The Morgan fingerprint density at radius 1 is 1.28 bits per heavy atom. The lowest BCUT2D eigenvalue weighted by Gasteiger charge is -2.15. The number of nitrogens with one attached hydrogen (secondary N) is 1. The maximum absolute atomic E-state index is 10.6. The van der Waals surface area contributed by atoms with Crippen molar-refractivity contribution in [1.29, 1.82) is 0 Å². The molecule has 0 radical (unpaired) electrons. The smallest absolute Gasteiger partial charge is 0.269 e. The number of nitro groups is 1. The molecule has 0 saturated carbocycles. The summed E-state index contributed by atoms with van der Waals surface area (Å²) in [6, 6.07) is 7.31. The fraction of sp³-hybridized carbons (Fsp3) is 0.571. The molecule has 1 aromatic carbocycles. The Kier molecular flexibility index (Phi) is 6.36. The van der Waals surface area contributed by atoms with Crippen LogP contribution in [0.2, 0.25) is 0 Å². The first-order chi connectivity index (χ1) is 8.67. The Balaban J connectivity index is 2.50. The molecule has 1 rings (SSSR count). The molecular weight excluding hydrogens is 228 g/mol. The van der Waals surface area contributed by atoms with Crippen molar-refractivity contribution in [2.45, 2.75) is 45.1 Å². The van der Waals surface area contributed by atoms with Crippen LogP contribution in [0.3, 0.4) is 0 Å². The molecule has 1 unspecified atom stereocenters. The van der Waals surface area contributed by atoms with E-state index in [0.717, 1.165) is 18.4 Å². The fourth-order valence-corrected chi connectivity index (χ4v) is 2.03. The predicted octanol–water partition coefficient (Wildman–Crippen LogP) is 3.31. The summed E-state index contributed by atoms with van der Waals surface area (Å²) in [7, 11) is 1.97. The van der Waals surface area contributed by atoms with Crippen LogP contribution in [-0.4, -0.2) is 18.0 Å². The molecule has 18 heavy (non-hydrogen) atoms. The molecule has 4 heteroatoms. The molecule has 0 aliphatic rings. The van der Waals surface area contributed by atoms with Gasteiger partial charge in [0.1, 0.15) is 0 Å². The molecule has 0 spiro atoms. The molecule has 0 saturated heterocycles. The molecule has 0 bridgehead atoms. The summed E-state index contributed by atoms with van der Waals surface area (Å²) < 4.78 is 0. The number of benzene rings is 1. The Hall–Kier alpha value is -1.42. The van der Waals surface area contributed by atoms with Crippen molar-refractivity contribution in [2.24, 2.45) is 0 Å². The average molecular weight is 250 g/mol. The Bertz CT molecular complexity index is 363. The SMILES string of the molecule is CCCCCC(Cc1ccc([N+](=O)[O-])cc1)NC. The summed E-state index contributed by atoms with van der Waals surface area (Å²) in [5.74, 6) is 0. The molecule has 1 N–H and O–H groups in total. The molecule has 0 aromatic heterocycles. The number of unbranched alkanes of at least 4 members (excludes halogenated alkanes) is 2. The molecule has 0 aliphatic heterocycles. The second kappa shape index (κ2) is 7.82. The summed E-state index contributed by atoms with van der Waals surface area (Å²) in [6.45, 7) is 2.20. The van der Waals surface area contributed by atoms with Crippen molar-refractivity contribution in [3.63, 3.8) is 0 Å². The number of non-ortho nitro benzene ring substituents is 1. The van der Waals surface area contributed by atoms with Gasteiger partial charge >= 0.3 is 0 Å². The Morgan fingerprint density at radius 3 is 2.44 bits per heavy atom. The van der Waals surface area contributed by atoms with Gasteiger partial charge in [-0.2, -0.15) is 0 Å². The molecule has 1 atom stereocenters. The largest absolute Gasteiger partial charge is 0.317 e. The number of hydrogen-bond acceptors (Lipinski definition) is 3. The van der Waals surface area contributed by atoms with Gasteiger partial charge in [-0.1, -0.05) is 38.3 Å². The average Bonchev–Trinajstić information content (AvgIpc) is 2.38. The van der Waals surface area contributed by atoms with Crippen LogP contribution >= 0.6 is 0 Å². The van der Waals surface area contributed by atoms with E-state index in [-0.39, 0.29) is 10.6 Å². The van der Waals surface area contributed by atoms with Crippen molar-refractivity contribution in [2.75, 3.05) is 7.05 Å². The lowest BCUT2D eigenvalue weighted by atomic mass is 10.0. The highest BCUT2D eigenvalue weighted by Crippen LogP contribution is 2.15. The molecular formula is C14H22N2O2. The van der Waals surface area contributed by atoms with E-state index >= 15 is 0 Å². The van der Waals surface area contributed by atoms with Gasteiger partial charge in [-0.3, -0.25) is 10.1 Å². The normalized spacial score (nSPS) is 12.3. The minimum absolute atomic E-state index is 0.158. The van der Waals surface area contributed by atoms with Crippen LogP contribution in [0.4, 0.5) is 5.69 Å². The van der Waals surface area contributed by atoms with E-state index in [9.17, 15) is 10.1 Å². The molecule has 0 fully saturated rings. The number of rotatable bonds is 8. The zero-order valence-electron chi connectivity index (χ0n) is 11.2. The van der Waals surface area contributed by atoms with Gasteiger partial charge in [-0.15, -0.1) is 0 Å². The predicted molar refractivity (Wildman–Crippen MR) is 73.8 cm³/mol. The standard InChI is InChI=1S/C14H22N2O2/c1-3-4-5-6-13(15-2)11-12-7-9-14(10-8-12)16(17)18/h7-10,13,15H,3-6,11H2,1-2H3. The van der Waals surface area contributed by atoms with Gasteiger partial charge < -0.3 is 5.32 Å². The minimum Gasteiger partial charge on any atom is -0.317 e. The van der Waals surface area contributed by atoms with Crippen LogP contribution in [0.15, 0.2) is 24.3 Å². The van der Waals surface area contributed by atoms with Gasteiger partial charge in [-0.05, 0) is 25.5 Å². The van der Waals surface area contributed by atoms with E-state index in [1.807, 2.05) is 19.2 Å². The molecule has 0 aliphatic carbocycles. The van der Waals surface area contributed by atoms with Crippen molar-refractivity contribution < 1.29 is 4.92 Å². The highest BCUT2D eigenvalue weighted by Gasteiger charge is 2.09. The highest BCUT2D eigenvalue weighted by molar-refractivity contribution is 5.33. The topological polar surface area (TPSA) is 55.2 Å². The molecule has 1 aromatic rings. The number of hydrogen-bond donors (Lipinski definition) is 1. The summed E-state index contributed by atoms with van der Waals surface area (Å²) in [5.41, 5.74) is 1.31. The van der Waals surface area contributed by atoms with Crippen molar-refractivity contribution in [1.82, 2.24) is 5.32 Å². The maximum atomic E-state index is 10.6. The van der Waals surface area contributed by atoms with Crippen LogP contribution in [0.25, 0.3) is 0 Å². The Morgan fingerprint density at radius 2 is 1.94 bits per heavy atom. The second-order valence-electron chi connectivity index (χ2n) is 4.61. The first kappa shape index (κ1) is 14.6. The molecule has 0 heterocycles. The lowest BCUT2D eigenvalue weighted by molar-refractivity contribution is -0.384. The summed E-state index contributed by atoms with van der Waals surface area (Å²) in [5, 5.41) is 13.9. The van der Waals surface area contributed by atoms with E-state index in [4.69, 9.17) is 0 Å². The van der Waals surface area contributed by atoms with E-state index in [0.29, 0.717) is 6.04 Å². The van der Waals surface area contributed by atoms with E-state index < -0.39 is 0 Å². The third kappa shape index (κ3) is 4.84. The molecule has 4 nitrogen and oxygen atoms in total. The quantitative estimate of drug-likeness (QED) is 0.437. The van der Waals surface area contributed by atoms with Gasteiger partial charge in [0.25, 0.3) is 5.69 Å². The summed E-state index contributed by atoms with van der Waals surface area (Å²) in [6.07, 6.45) is 5.81. The maximum Gasteiger partial charge on any atom is 0.269 e. The third-order valence-corrected chi connectivity index (χ3v) is 3.19. The third-order valence-electron chi connectivity index (χ3n) is 3.19. The lowest BCUT2D eigenvalue weighted by Crippen LogP contribution is -2.27. The van der Waals surface area contributed by atoms with Crippen molar-refractivity contribution in [3.05, 3.63) is 39.9 Å². The van der Waals surface area contributed by atoms with Crippen LogP contribution in [-0.2, 0) is 6.42 Å². The molecule has 0 amide bonds. The van der Waals surface area contributed by atoms with Crippen molar-refractivity contribution >= 4 is 5.69 Å². The zero-order valence-corrected chi connectivity index (χ0v) is 11.2. The van der Waals surface area contributed by atoms with Crippen molar-refractivity contribution in [3.8, 4) is 0 Å². The first-order valence-corrected chi connectivity index (χ1v) is 6.58. The van der Waals surface area contributed by atoms with Gasteiger partial charge in [0.2, 0.25) is 0 Å². The van der Waals surface area contributed by atoms with E-state index in [1.165, 1.54) is 19.3 Å². The number of likely N-dealkylation sites (N-methyl/N-ethyl adjacent to an activating group) is 1. The minimum atomic E-state index is -0.361. The van der Waals surface area contributed by atoms with Crippen LogP contribution in [0.1, 0.15) is 38.2 Å². The Labute approximate surface area is 109 Å². The van der Waals surface area contributed by atoms with Crippen LogP contribution < -0.4 is 5.32 Å². The summed E-state index contributed by atoms with van der Waals surface area (Å²) >= 11 is 0. The number of nitro benzene ring substituents is 1. The van der Waals surface area contributed by atoms with E-state index in [1.54, 1.807) is 12.1 Å².